The van der Waals surface area contributed by atoms with Gasteiger partial charge in [-0.2, -0.15) is 0 Å². The molecule has 1 heterocycles. The zero-order chi connectivity index (χ0) is 21.6. The van der Waals surface area contributed by atoms with Gasteiger partial charge in [0.2, 0.25) is 5.91 Å². The Bertz CT molecular complexity index is 956. The number of amides is 2. The quantitative estimate of drug-likeness (QED) is 0.339. The SMILES string of the molecule is CCOC(=O)c1c(NC(=O)CNc2cccc([N+](=O)[O-])c2)sc(C(=O)NC)c1C. The number of carbonyl (C=O) groups is 3. The van der Waals surface area contributed by atoms with Crippen molar-refractivity contribution in [3.05, 3.63) is 50.4 Å². The zero-order valence-corrected chi connectivity index (χ0v) is 16.8. The smallest absolute Gasteiger partial charge is 0.341 e. The summed E-state index contributed by atoms with van der Waals surface area (Å²) in [6.07, 6.45) is 0. The molecule has 0 saturated carbocycles. The van der Waals surface area contributed by atoms with E-state index in [2.05, 4.69) is 16.0 Å². The fraction of sp³-hybridized carbons (Fsp3) is 0.278. The van der Waals surface area contributed by atoms with Crippen LogP contribution in [0.3, 0.4) is 0 Å². The summed E-state index contributed by atoms with van der Waals surface area (Å²) in [5, 5.41) is 18.9. The largest absolute Gasteiger partial charge is 0.462 e. The minimum Gasteiger partial charge on any atom is -0.462 e. The molecule has 0 aliphatic heterocycles. The Kier molecular flexibility index (Phi) is 7.26. The number of non-ortho nitro benzene ring substituents is 1. The second-order valence-corrected chi connectivity index (χ2v) is 6.79. The number of hydrogen-bond donors (Lipinski definition) is 3. The topological polar surface area (TPSA) is 140 Å². The Morgan fingerprint density at radius 1 is 1.28 bits per heavy atom. The maximum atomic E-state index is 12.3. The first-order valence-electron chi connectivity index (χ1n) is 8.59. The van der Waals surface area contributed by atoms with Gasteiger partial charge in [0.1, 0.15) is 5.00 Å². The average molecular weight is 420 g/mol. The highest BCUT2D eigenvalue weighted by Gasteiger charge is 2.26. The van der Waals surface area contributed by atoms with Crippen LogP contribution in [0, 0.1) is 17.0 Å². The highest BCUT2D eigenvalue weighted by atomic mass is 32.1. The number of carbonyl (C=O) groups excluding carboxylic acids is 3. The van der Waals surface area contributed by atoms with Crippen molar-refractivity contribution in [2.75, 3.05) is 30.8 Å². The molecule has 11 heteroatoms. The summed E-state index contributed by atoms with van der Waals surface area (Å²) in [5.74, 6) is -1.52. The lowest BCUT2D eigenvalue weighted by Gasteiger charge is -2.08. The van der Waals surface area contributed by atoms with Crippen LogP contribution in [0.5, 0.6) is 0 Å². The van der Waals surface area contributed by atoms with Gasteiger partial charge in [-0.25, -0.2) is 4.79 Å². The van der Waals surface area contributed by atoms with Crippen LogP contribution in [0.1, 0.15) is 32.5 Å². The molecule has 0 unspecified atom stereocenters. The van der Waals surface area contributed by atoms with Gasteiger partial charge in [-0.3, -0.25) is 19.7 Å². The third-order valence-corrected chi connectivity index (χ3v) is 5.03. The van der Waals surface area contributed by atoms with E-state index in [0.29, 0.717) is 11.3 Å². The minimum atomic E-state index is -0.640. The van der Waals surface area contributed by atoms with Crippen molar-refractivity contribution >= 4 is 45.5 Å². The highest BCUT2D eigenvalue weighted by molar-refractivity contribution is 7.18. The van der Waals surface area contributed by atoms with Crippen LogP contribution in [0.25, 0.3) is 0 Å². The standard InChI is InChI=1S/C18H20N4O6S/c1-4-28-18(25)14-10(2)15(16(24)19-3)29-17(14)21-13(23)9-20-11-6-5-7-12(8-11)22(26)27/h5-8,20H,4,9H2,1-3H3,(H,19,24)(H,21,23). The van der Waals surface area contributed by atoms with Crippen LogP contribution in [0.15, 0.2) is 24.3 Å². The van der Waals surface area contributed by atoms with Crippen molar-refractivity contribution in [2.24, 2.45) is 0 Å². The third-order valence-electron chi connectivity index (χ3n) is 3.82. The molecule has 10 nitrogen and oxygen atoms in total. The number of nitrogens with one attached hydrogen (secondary N) is 3. The first-order chi connectivity index (χ1) is 13.8. The lowest BCUT2D eigenvalue weighted by atomic mass is 10.1. The maximum absolute atomic E-state index is 12.3. The van der Waals surface area contributed by atoms with Gasteiger partial charge in [-0.15, -0.1) is 11.3 Å². The first-order valence-corrected chi connectivity index (χ1v) is 9.40. The number of ether oxygens (including phenoxy) is 1. The molecule has 3 N–H and O–H groups in total. The van der Waals surface area contributed by atoms with Crippen LogP contribution in [-0.2, 0) is 9.53 Å². The summed E-state index contributed by atoms with van der Waals surface area (Å²) in [6.45, 7) is 3.20. The predicted octanol–water partition coefficient (Wildman–Crippen LogP) is 2.55. The minimum absolute atomic E-state index is 0.107. The average Bonchev–Trinajstić information content (AvgIpc) is 3.02. The number of esters is 1. The molecule has 0 fully saturated rings. The summed E-state index contributed by atoms with van der Waals surface area (Å²) in [7, 11) is 1.47. The lowest BCUT2D eigenvalue weighted by molar-refractivity contribution is -0.384. The fourth-order valence-electron chi connectivity index (χ4n) is 2.46. The number of benzene rings is 1. The summed E-state index contributed by atoms with van der Waals surface area (Å²) in [5.41, 5.74) is 0.825. The van der Waals surface area contributed by atoms with Crippen molar-refractivity contribution in [1.29, 1.82) is 0 Å². The molecule has 0 bridgehead atoms. The summed E-state index contributed by atoms with van der Waals surface area (Å²) >= 11 is 0.967. The van der Waals surface area contributed by atoms with Crippen molar-refractivity contribution in [3.63, 3.8) is 0 Å². The molecule has 1 aromatic carbocycles. The Morgan fingerprint density at radius 3 is 2.62 bits per heavy atom. The van der Waals surface area contributed by atoms with Gasteiger partial charge in [0.25, 0.3) is 11.6 Å². The van der Waals surface area contributed by atoms with Gasteiger partial charge in [0, 0.05) is 24.9 Å². The molecule has 2 aromatic rings. The molecule has 0 aliphatic rings. The first kappa shape index (κ1) is 21.8. The van der Waals surface area contributed by atoms with E-state index >= 15 is 0 Å². The zero-order valence-electron chi connectivity index (χ0n) is 16.0. The summed E-state index contributed by atoms with van der Waals surface area (Å²) < 4.78 is 5.03. The van der Waals surface area contributed by atoms with E-state index in [9.17, 15) is 24.5 Å². The van der Waals surface area contributed by atoms with E-state index < -0.39 is 16.8 Å². The number of anilines is 2. The van der Waals surface area contributed by atoms with Crippen molar-refractivity contribution in [1.82, 2.24) is 5.32 Å². The molecule has 0 radical (unpaired) electrons. The van der Waals surface area contributed by atoms with Crippen LogP contribution in [-0.4, -0.2) is 42.9 Å². The maximum Gasteiger partial charge on any atom is 0.341 e. The Balaban J connectivity index is 2.18. The van der Waals surface area contributed by atoms with Gasteiger partial charge in [-0.05, 0) is 25.5 Å². The van der Waals surface area contributed by atoms with Crippen molar-refractivity contribution in [2.45, 2.75) is 13.8 Å². The summed E-state index contributed by atoms with van der Waals surface area (Å²) in [6, 6.07) is 5.72. The molecule has 0 saturated heterocycles. The third kappa shape index (κ3) is 5.29. The lowest BCUT2D eigenvalue weighted by Crippen LogP contribution is -2.22. The number of nitrogens with zero attached hydrogens (tertiary/aromatic N) is 1. The van der Waals surface area contributed by atoms with Gasteiger partial charge >= 0.3 is 5.97 Å². The molecule has 0 atom stereocenters. The molecular weight excluding hydrogens is 400 g/mol. The second kappa shape index (κ2) is 9.64. The Hall–Kier alpha value is -3.47. The molecular formula is C18H20N4O6S. The molecule has 154 valence electrons. The van der Waals surface area contributed by atoms with Crippen LogP contribution in [0.2, 0.25) is 0 Å². The van der Waals surface area contributed by atoms with Crippen LogP contribution in [0.4, 0.5) is 16.4 Å². The van der Waals surface area contributed by atoms with E-state index in [1.807, 2.05) is 0 Å². The molecule has 0 spiro atoms. The number of rotatable bonds is 8. The van der Waals surface area contributed by atoms with Crippen molar-refractivity contribution < 1.29 is 24.0 Å². The Labute approximate surface area is 170 Å². The molecule has 29 heavy (non-hydrogen) atoms. The van der Waals surface area contributed by atoms with Crippen LogP contribution < -0.4 is 16.0 Å². The molecule has 1 aromatic heterocycles. The highest BCUT2D eigenvalue weighted by Crippen LogP contribution is 2.33. The van der Waals surface area contributed by atoms with E-state index in [1.165, 1.54) is 25.2 Å². The Morgan fingerprint density at radius 2 is 2.00 bits per heavy atom. The van der Waals surface area contributed by atoms with Gasteiger partial charge in [0.15, 0.2) is 0 Å². The summed E-state index contributed by atoms with van der Waals surface area (Å²) in [4.78, 5) is 47.2. The second-order valence-electron chi connectivity index (χ2n) is 5.77. The van der Waals surface area contributed by atoms with Crippen molar-refractivity contribution in [3.8, 4) is 0 Å². The molecule has 2 rings (SSSR count). The van der Waals surface area contributed by atoms with E-state index in [-0.39, 0.29) is 40.2 Å². The predicted molar refractivity (Wildman–Crippen MR) is 109 cm³/mol. The number of hydrogen-bond acceptors (Lipinski definition) is 8. The normalized spacial score (nSPS) is 10.2. The number of nitro benzene ring substituents is 1. The number of nitro groups is 1. The van der Waals surface area contributed by atoms with E-state index in [4.69, 9.17) is 4.74 Å². The van der Waals surface area contributed by atoms with E-state index in [1.54, 1.807) is 19.9 Å². The van der Waals surface area contributed by atoms with Gasteiger partial charge < -0.3 is 20.7 Å². The molecule has 0 aliphatic carbocycles. The number of thiophene rings is 1. The molecule has 2 amide bonds. The van der Waals surface area contributed by atoms with Gasteiger partial charge in [-0.1, -0.05) is 6.07 Å². The fourth-order valence-corrected chi connectivity index (χ4v) is 3.62. The van der Waals surface area contributed by atoms with E-state index in [0.717, 1.165) is 11.3 Å². The monoisotopic (exact) mass is 420 g/mol. The van der Waals surface area contributed by atoms with Crippen LogP contribution >= 0.6 is 11.3 Å². The van der Waals surface area contributed by atoms with Gasteiger partial charge in [0.05, 0.1) is 28.5 Å².